The van der Waals surface area contributed by atoms with Gasteiger partial charge >= 0.3 is 12.0 Å². The Morgan fingerprint density at radius 2 is 1.95 bits per heavy atom. The van der Waals surface area contributed by atoms with Gasteiger partial charge in [-0.2, -0.15) is 0 Å². The number of aromatic nitrogens is 1. The smallest absolute Gasteiger partial charge is 0.340 e. The molecule has 100 valence electrons. The van der Waals surface area contributed by atoms with Crippen molar-refractivity contribution in [2.24, 2.45) is 0 Å². The lowest BCUT2D eigenvalue weighted by Crippen LogP contribution is -2.25. The van der Waals surface area contributed by atoms with Gasteiger partial charge in [-0.15, -0.1) is 0 Å². The van der Waals surface area contributed by atoms with Gasteiger partial charge in [0.1, 0.15) is 0 Å². The van der Waals surface area contributed by atoms with Crippen LogP contribution in [0.25, 0.3) is 10.9 Å². The van der Waals surface area contributed by atoms with Crippen molar-refractivity contribution in [1.29, 1.82) is 0 Å². The van der Waals surface area contributed by atoms with E-state index in [1.54, 1.807) is 14.0 Å². The number of hydrogen-bond acceptors (Lipinski definition) is 3. The normalized spacial score (nSPS) is 10.5. The molecule has 0 saturated heterocycles. The highest BCUT2D eigenvalue weighted by Gasteiger charge is 2.23. The molecule has 0 aliphatic carbocycles. The summed E-state index contributed by atoms with van der Waals surface area (Å²) in [6, 6.07) is 5.34. The number of fused-ring (bicyclic) bond motifs is 1. The Kier molecular flexibility index (Phi) is 3.29. The van der Waals surface area contributed by atoms with E-state index in [1.807, 2.05) is 25.1 Å². The minimum Gasteiger partial charge on any atom is -0.465 e. The molecule has 2 rings (SSSR count). The first-order valence-electron chi connectivity index (χ1n) is 5.93. The number of aryl methyl sites for hydroxylation is 1. The number of rotatable bonds is 1. The first kappa shape index (κ1) is 13.1. The predicted octanol–water partition coefficient (Wildman–Crippen LogP) is 2.23. The van der Waals surface area contributed by atoms with Crippen molar-refractivity contribution in [2.45, 2.75) is 13.8 Å². The summed E-state index contributed by atoms with van der Waals surface area (Å²) in [6.45, 7) is 3.67. The second-order valence-electron chi connectivity index (χ2n) is 4.36. The maximum Gasteiger partial charge on any atom is 0.340 e. The number of hydrogen-bond donors (Lipinski definition) is 1. The fraction of sp³-hybridized carbons (Fsp3) is 0.286. The molecule has 0 fully saturated rings. The van der Waals surface area contributed by atoms with Crippen LogP contribution >= 0.6 is 0 Å². The summed E-state index contributed by atoms with van der Waals surface area (Å²) in [5.74, 6) is -0.434. The molecule has 0 unspecified atom stereocenters. The molecular formula is C14H16N2O3. The molecule has 0 saturated carbocycles. The van der Waals surface area contributed by atoms with E-state index in [2.05, 4.69) is 5.32 Å². The van der Waals surface area contributed by atoms with Crippen LogP contribution in [-0.4, -0.2) is 30.7 Å². The van der Waals surface area contributed by atoms with E-state index in [-0.39, 0.29) is 6.03 Å². The Bertz CT molecular complexity index is 671. The van der Waals surface area contributed by atoms with Crippen molar-refractivity contribution in [3.8, 4) is 0 Å². The van der Waals surface area contributed by atoms with E-state index < -0.39 is 5.97 Å². The number of carbonyl (C=O) groups is 2. The molecule has 0 aliphatic heterocycles. The molecule has 5 nitrogen and oxygen atoms in total. The summed E-state index contributed by atoms with van der Waals surface area (Å²) in [7, 11) is 2.89. The molecule has 0 spiro atoms. The van der Waals surface area contributed by atoms with Gasteiger partial charge in [-0.05, 0) is 26.0 Å². The number of nitrogens with zero attached hydrogens (tertiary/aromatic N) is 1. The van der Waals surface area contributed by atoms with E-state index in [0.29, 0.717) is 16.8 Å². The number of ether oxygens (including phenoxy) is 1. The zero-order valence-electron chi connectivity index (χ0n) is 11.4. The minimum atomic E-state index is -0.434. The van der Waals surface area contributed by atoms with Gasteiger partial charge in [0, 0.05) is 18.1 Å². The Labute approximate surface area is 111 Å². The Morgan fingerprint density at radius 1 is 1.26 bits per heavy atom. The van der Waals surface area contributed by atoms with Crippen molar-refractivity contribution in [1.82, 2.24) is 9.88 Å². The Morgan fingerprint density at radius 3 is 2.53 bits per heavy atom. The van der Waals surface area contributed by atoms with E-state index in [0.717, 1.165) is 10.9 Å². The monoisotopic (exact) mass is 260 g/mol. The number of carbonyl (C=O) groups excluding carboxylic acids is 2. The molecule has 5 heteroatoms. The van der Waals surface area contributed by atoms with Crippen LogP contribution in [0.15, 0.2) is 18.2 Å². The van der Waals surface area contributed by atoms with Gasteiger partial charge in [0.05, 0.1) is 18.2 Å². The molecule has 1 aromatic carbocycles. The van der Waals surface area contributed by atoms with Crippen molar-refractivity contribution in [3.63, 3.8) is 0 Å². The minimum absolute atomic E-state index is 0.276. The molecular weight excluding hydrogens is 244 g/mol. The van der Waals surface area contributed by atoms with Crippen LogP contribution in [0.2, 0.25) is 0 Å². The van der Waals surface area contributed by atoms with Gasteiger partial charge in [-0.25, -0.2) is 9.59 Å². The fourth-order valence-electron chi connectivity index (χ4n) is 2.27. The molecule has 0 bridgehead atoms. The largest absolute Gasteiger partial charge is 0.465 e. The molecule has 2 aromatic rings. The van der Waals surface area contributed by atoms with E-state index >= 15 is 0 Å². The zero-order chi connectivity index (χ0) is 14.2. The van der Waals surface area contributed by atoms with E-state index in [9.17, 15) is 9.59 Å². The number of methoxy groups -OCH3 is 1. The predicted molar refractivity (Wildman–Crippen MR) is 72.6 cm³/mol. The van der Waals surface area contributed by atoms with Gasteiger partial charge in [-0.3, -0.25) is 4.57 Å². The summed E-state index contributed by atoms with van der Waals surface area (Å²) in [5.41, 5.74) is 2.73. The van der Waals surface area contributed by atoms with E-state index in [4.69, 9.17) is 4.74 Å². The van der Waals surface area contributed by atoms with Crippen LogP contribution in [0.4, 0.5) is 4.79 Å². The van der Waals surface area contributed by atoms with Crippen molar-refractivity contribution in [3.05, 3.63) is 35.0 Å². The van der Waals surface area contributed by atoms with Gasteiger partial charge in [0.2, 0.25) is 0 Å². The first-order chi connectivity index (χ1) is 9.01. The molecule has 0 aliphatic rings. The van der Waals surface area contributed by atoms with Gasteiger partial charge in [-0.1, -0.05) is 11.6 Å². The Balaban J connectivity index is 2.87. The average Bonchev–Trinajstić information content (AvgIpc) is 2.68. The molecule has 1 aromatic heterocycles. The highest BCUT2D eigenvalue weighted by Crippen LogP contribution is 2.27. The topological polar surface area (TPSA) is 60.3 Å². The van der Waals surface area contributed by atoms with Gasteiger partial charge in [0.25, 0.3) is 0 Å². The fourth-order valence-corrected chi connectivity index (χ4v) is 2.27. The molecule has 1 heterocycles. The van der Waals surface area contributed by atoms with Crippen molar-refractivity contribution >= 4 is 22.9 Å². The molecule has 1 amide bonds. The number of amides is 1. The Hall–Kier alpha value is -2.30. The lowest BCUT2D eigenvalue weighted by Gasteiger charge is -2.05. The zero-order valence-corrected chi connectivity index (χ0v) is 11.4. The molecule has 19 heavy (non-hydrogen) atoms. The van der Waals surface area contributed by atoms with Crippen LogP contribution in [0.3, 0.4) is 0 Å². The highest BCUT2D eigenvalue weighted by atomic mass is 16.5. The third kappa shape index (κ3) is 1.97. The summed E-state index contributed by atoms with van der Waals surface area (Å²) in [4.78, 5) is 23.9. The average molecular weight is 260 g/mol. The van der Waals surface area contributed by atoms with Crippen LogP contribution in [0.1, 0.15) is 21.6 Å². The maximum absolute atomic E-state index is 12.0. The summed E-state index contributed by atoms with van der Waals surface area (Å²) < 4.78 is 6.29. The first-order valence-corrected chi connectivity index (χ1v) is 5.93. The molecule has 0 atom stereocenters. The second kappa shape index (κ2) is 4.76. The van der Waals surface area contributed by atoms with Gasteiger partial charge in [0.15, 0.2) is 0 Å². The third-order valence-corrected chi connectivity index (χ3v) is 3.17. The number of benzene rings is 1. The lowest BCUT2D eigenvalue weighted by molar-refractivity contribution is 0.0602. The van der Waals surface area contributed by atoms with Crippen molar-refractivity contribution < 1.29 is 14.3 Å². The highest BCUT2D eigenvalue weighted by molar-refractivity contribution is 6.08. The summed E-state index contributed by atoms with van der Waals surface area (Å²) in [6.07, 6.45) is 0. The van der Waals surface area contributed by atoms with Crippen LogP contribution in [0, 0.1) is 13.8 Å². The standard InChI is InChI=1S/C14H16N2O3/c1-8-5-6-11-10(7-8)12(13(17)19-4)9(2)16(11)14(18)15-3/h5-7H,1-4H3,(H,15,18). The lowest BCUT2D eigenvalue weighted by atomic mass is 10.1. The van der Waals surface area contributed by atoms with Crippen molar-refractivity contribution in [2.75, 3.05) is 14.2 Å². The number of nitrogens with one attached hydrogen (secondary N) is 1. The summed E-state index contributed by atoms with van der Waals surface area (Å²) in [5, 5.41) is 3.30. The third-order valence-electron chi connectivity index (χ3n) is 3.17. The van der Waals surface area contributed by atoms with Crippen LogP contribution in [-0.2, 0) is 4.74 Å². The SMILES string of the molecule is CNC(=O)n1c(C)c(C(=O)OC)c2cc(C)ccc21. The molecule has 0 radical (unpaired) electrons. The quantitative estimate of drug-likeness (QED) is 0.800. The second-order valence-corrected chi connectivity index (χ2v) is 4.36. The van der Waals surface area contributed by atoms with Crippen LogP contribution in [0.5, 0.6) is 0 Å². The number of esters is 1. The van der Waals surface area contributed by atoms with E-state index in [1.165, 1.54) is 11.7 Å². The molecule has 1 N–H and O–H groups in total. The van der Waals surface area contributed by atoms with Gasteiger partial charge < -0.3 is 10.1 Å². The maximum atomic E-state index is 12.0. The summed E-state index contributed by atoms with van der Waals surface area (Å²) >= 11 is 0. The van der Waals surface area contributed by atoms with Crippen LogP contribution < -0.4 is 5.32 Å².